The molecule has 0 unspecified atom stereocenters. The highest BCUT2D eigenvalue weighted by Crippen LogP contribution is 2.60. The van der Waals surface area contributed by atoms with Crippen LogP contribution in [0.25, 0.3) is 5.57 Å². The molecule has 0 aromatic carbocycles. The lowest BCUT2D eigenvalue weighted by molar-refractivity contribution is -0.106. The Morgan fingerprint density at radius 3 is 2.76 bits per heavy atom. The van der Waals surface area contributed by atoms with Crippen molar-refractivity contribution in [2.45, 2.75) is 63.9 Å². The van der Waals surface area contributed by atoms with Gasteiger partial charge in [-0.1, -0.05) is 30.1 Å². The fourth-order valence-corrected chi connectivity index (χ4v) is 6.79. The van der Waals surface area contributed by atoms with Crippen molar-refractivity contribution in [2.24, 2.45) is 5.41 Å². The molecule has 176 valence electrons. The highest BCUT2D eigenvalue weighted by molar-refractivity contribution is 7.96. The number of fused-ring (bicyclic) bond motifs is 1. The molecule has 0 N–H and O–H groups in total. The van der Waals surface area contributed by atoms with E-state index in [9.17, 15) is 0 Å². The minimum Gasteiger partial charge on any atom is -0.485 e. The lowest BCUT2D eigenvalue weighted by atomic mass is 9.54. The normalized spacial score (nSPS) is 23.3. The van der Waals surface area contributed by atoms with Crippen molar-refractivity contribution in [1.82, 2.24) is 19.4 Å². The van der Waals surface area contributed by atoms with Gasteiger partial charge in [-0.25, -0.2) is 4.31 Å². The van der Waals surface area contributed by atoms with Gasteiger partial charge in [0.25, 0.3) is 0 Å². The van der Waals surface area contributed by atoms with Crippen LogP contribution in [-0.2, 0) is 12.8 Å². The van der Waals surface area contributed by atoms with Crippen LogP contribution in [0.1, 0.15) is 62.5 Å². The molecule has 6 rings (SSSR count). The standard InChI is InChI=1S/C25H33N5O2S/c1-3-4-22-27-23(32-28-22)29-11-7-24(8-12-29)16-25(17-24)14-19-13-20(26-15-21(19)31-25)18-5-9-30(33-2)10-6-18/h5,13,15H,3-4,6-12,14,16-17H2,1-2H3. The van der Waals surface area contributed by atoms with Crippen LogP contribution in [0.2, 0.25) is 0 Å². The first-order valence-electron chi connectivity index (χ1n) is 12.3. The van der Waals surface area contributed by atoms with Crippen LogP contribution in [0.5, 0.6) is 5.75 Å². The van der Waals surface area contributed by atoms with Crippen LogP contribution >= 0.6 is 11.9 Å². The predicted molar refractivity (Wildman–Crippen MR) is 130 cm³/mol. The summed E-state index contributed by atoms with van der Waals surface area (Å²) < 4.78 is 14.4. The second-order valence-corrected chi connectivity index (χ2v) is 11.2. The third-order valence-electron chi connectivity index (χ3n) is 7.97. The monoisotopic (exact) mass is 467 g/mol. The van der Waals surface area contributed by atoms with Crippen molar-refractivity contribution in [3.05, 3.63) is 35.4 Å². The Bertz CT molecular complexity index is 1050. The number of aromatic nitrogens is 3. The number of rotatable bonds is 5. The summed E-state index contributed by atoms with van der Waals surface area (Å²) in [7, 11) is 0. The molecule has 7 nitrogen and oxygen atoms in total. The summed E-state index contributed by atoms with van der Waals surface area (Å²) >= 11 is 1.82. The van der Waals surface area contributed by atoms with Crippen molar-refractivity contribution in [3.63, 3.8) is 0 Å². The van der Waals surface area contributed by atoms with E-state index in [-0.39, 0.29) is 5.60 Å². The van der Waals surface area contributed by atoms with Gasteiger partial charge in [-0.2, -0.15) is 4.98 Å². The van der Waals surface area contributed by atoms with Gasteiger partial charge >= 0.3 is 6.01 Å². The lowest BCUT2D eigenvalue weighted by Gasteiger charge is -2.56. The maximum absolute atomic E-state index is 6.53. The number of hydrogen-bond donors (Lipinski definition) is 0. The van der Waals surface area contributed by atoms with Gasteiger partial charge in [0.2, 0.25) is 0 Å². The van der Waals surface area contributed by atoms with E-state index in [1.807, 2.05) is 18.1 Å². The van der Waals surface area contributed by atoms with E-state index >= 15 is 0 Å². The molecule has 3 aliphatic heterocycles. The SMILES string of the molecule is CCCc1noc(N2CCC3(CC2)CC2(Cc4cc(C5=CCN(SC)CC5)ncc4O2)C3)n1. The average molecular weight is 468 g/mol. The number of aryl methyl sites for hydroxylation is 1. The average Bonchev–Trinajstić information content (AvgIpc) is 3.44. The predicted octanol–water partition coefficient (Wildman–Crippen LogP) is 4.54. The summed E-state index contributed by atoms with van der Waals surface area (Å²) in [5.41, 5.74) is 4.24. The summed E-state index contributed by atoms with van der Waals surface area (Å²) in [5.74, 6) is 1.83. The Hall–Kier alpha value is -2.06. The molecular weight excluding hydrogens is 434 g/mol. The summed E-state index contributed by atoms with van der Waals surface area (Å²) in [6.07, 6.45) is 15.1. The largest absolute Gasteiger partial charge is 0.485 e. The summed E-state index contributed by atoms with van der Waals surface area (Å²) in [5, 5.41) is 4.12. The van der Waals surface area contributed by atoms with Crippen LogP contribution in [0, 0.1) is 5.41 Å². The van der Waals surface area contributed by atoms with Gasteiger partial charge in [0.1, 0.15) is 11.4 Å². The van der Waals surface area contributed by atoms with E-state index in [0.717, 1.165) is 82.0 Å². The highest BCUT2D eigenvalue weighted by atomic mass is 32.2. The molecule has 1 saturated heterocycles. The van der Waals surface area contributed by atoms with Gasteiger partial charge in [-0.3, -0.25) is 4.98 Å². The van der Waals surface area contributed by atoms with Gasteiger partial charge < -0.3 is 14.2 Å². The molecule has 0 amide bonds. The molecule has 0 atom stereocenters. The molecule has 4 aliphatic rings. The molecule has 1 saturated carbocycles. The van der Waals surface area contributed by atoms with E-state index in [0.29, 0.717) is 11.4 Å². The fourth-order valence-electron chi connectivity index (χ4n) is 6.29. The third kappa shape index (κ3) is 3.95. The zero-order chi connectivity index (χ0) is 22.5. The lowest BCUT2D eigenvalue weighted by Crippen LogP contribution is -2.58. The van der Waals surface area contributed by atoms with Crippen molar-refractivity contribution >= 4 is 23.5 Å². The maximum Gasteiger partial charge on any atom is 0.324 e. The summed E-state index contributed by atoms with van der Waals surface area (Å²) in [6.45, 7) is 6.21. The zero-order valence-electron chi connectivity index (χ0n) is 19.7. The number of piperidine rings is 1. The van der Waals surface area contributed by atoms with E-state index in [4.69, 9.17) is 14.2 Å². The molecule has 5 heterocycles. The molecule has 1 aliphatic carbocycles. The van der Waals surface area contributed by atoms with Crippen LogP contribution < -0.4 is 9.64 Å². The van der Waals surface area contributed by atoms with Crippen molar-refractivity contribution in [1.29, 1.82) is 0 Å². The van der Waals surface area contributed by atoms with E-state index in [1.54, 1.807) is 0 Å². The Balaban J connectivity index is 1.07. The quantitative estimate of drug-likeness (QED) is 0.594. The third-order valence-corrected chi connectivity index (χ3v) is 8.81. The van der Waals surface area contributed by atoms with Gasteiger partial charge in [-0.05, 0) is 61.8 Å². The molecule has 33 heavy (non-hydrogen) atoms. The second kappa shape index (κ2) is 8.31. The van der Waals surface area contributed by atoms with Crippen molar-refractivity contribution in [3.8, 4) is 5.75 Å². The Morgan fingerprint density at radius 2 is 2.03 bits per heavy atom. The smallest absolute Gasteiger partial charge is 0.324 e. The van der Waals surface area contributed by atoms with Crippen LogP contribution in [0.4, 0.5) is 6.01 Å². The van der Waals surface area contributed by atoms with Gasteiger partial charge in [0.15, 0.2) is 5.82 Å². The second-order valence-electron chi connectivity index (χ2n) is 10.3. The van der Waals surface area contributed by atoms with Gasteiger partial charge in [-0.15, -0.1) is 0 Å². The number of hydrogen-bond acceptors (Lipinski definition) is 8. The van der Waals surface area contributed by atoms with Crippen LogP contribution in [0.3, 0.4) is 0 Å². The fraction of sp³-hybridized carbons (Fsp3) is 0.640. The first-order chi connectivity index (χ1) is 16.1. The molecule has 8 heteroatoms. The Labute approximate surface area is 200 Å². The van der Waals surface area contributed by atoms with Crippen LogP contribution in [-0.4, -0.2) is 57.5 Å². The van der Waals surface area contributed by atoms with Gasteiger partial charge in [0, 0.05) is 44.6 Å². The first kappa shape index (κ1) is 21.5. The van der Waals surface area contributed by atoms with E-state index in [2.05, 4.69) is 44.7 Å². The highest BCUT2D eigenvalue weighted by Gasteiger charge is 2.59. The molecule has 0 radical (unpaired) electrons. The molecular formula is C25H33N5O2S. The number of nitrogens with zero attached hydrogens (tertiary/aromatic N) is 5. The van der Waals surface area contributed by atoms with Crippen LogP contribution in [0.15, 0.2) is 22.9 Å². The van der Waals surface area contributed by atoms with Crippen molar-refractivity contribution in [2.75, 3.05) is 37.3 Å². The molecule has 0 bridgehead atoms. The molecule has 2 aromatic heterocycles. The van der Waals surface area contributed by atoms with E-state index in [1.165, 1.54) is 24.0 Å². The molecule has 2 spiro atoms. The molecule has 2 fully saturated rings. The molecule has 2 aromatic rings. The summed E-state index contributed by atoms with van der Waals surface area (Å²) in [6, 6.07) is 2.99. The van der Waals surface area contributed by atoms with Crippen molar-refractivity contribution < 1.29 is 9.26 Å². The number of anilines is 1. The topological polar surface area (TPSA) is 67.5 Å². The first-order valence-corrected chi connectivity index (χ1v) is 13.5. The Morgan fingerprint density at radius 1 is 1.18 bits per heavy atom. The zero-order valence-corrected chi connectivity index (χ0v) is 20.5. The number of pyridine rings is 1. The Kier molecular flexibility index (Phi) is 5.41. The van der Waals surface area contributed by atoms with E-state index < -0.39 is 0 Å². The van der Waals surface area contributed by atoms with Gasteiger partial charge in [0.05, 0.1) is 11.9 Å². The summed E-state index contributed by atoms with van der Waals surface area (Å²) in [4.78, 5) is 11.6. The maximum atomic E-state index is 6.53. The minimum absolute atomic E-state index is 0.0137. The number of ether oxygens (including phenoxy) is 1. The minimum atomic E-state index is -0.0137.